The Bertz CT molecular complexity index is 728. The number of likely N-dealkylation sites (N-methyl/N-ethyl adjacent to an activating group) is 1. The molecule has 0 aliphatic carbocycles. The van der Waals surface area contributed by atoms with E-state index in [1.807, 2.05) is 0 Å². The van der Waals surface area contributed by atoms with Crippen LogP contribution in [0.3, 0.4) is 0 Å². The molecule has 0 unspecified atom stereocenters. The molecule has 3 amide bonds. The number of carbonyl (C=O) groups is 2. The number of hydrogen-bond acceptors (Lipinski definition) is 4. The van der Waals surface area contributed by atoms with Crippen molar-refractivity contribution < 1.29 is 9.59 Å². The summed E-state index contributed by atoms with van der Waals surface area (Å²) < 4.78 is 0. The van der Waals surface area contributed by atoms with Crippen LogP contribution in [0.5, 0.6) is 0 Å². The maximum absolute atomic E-state index is 12.2. The summed E-state index contributed by atoms with van der Waals surface area (Å²) >= 11 is 0. The fourth-order valence-electron chi connectivity index (χ4n) is 2.43. The summed E-state index contributed by atoms with van der Waals surface area (Å²) in [7, 11) is 0. The molecule has 7 heteroatoms. The number of fused-ring (bicyclic) bond motifs is 1. The minimum absolute atomic E-state index is 0.191. The first-order valence-corrected chi connectivity index (χ1v) is 8.01. The minimum Gasteiger partial charge on any atom is -0.351 e. The van der Waals surface area contributed by atoms with Crippen molar-refractivity contribution in [2.75, 3.05) is 31.5 Å². The van der Waals surface area contributed by atoms with E-state index in [0.717, 1.165) is 25.0 Å². The normalized spacial score (nSPS) is 10.8. The number of nitrogens with one attached hydrogen (secondary N) is 2. The number of pyridine rings is 1. The number of benzene rings is 1. The van der Waals surface area contributed by atoms with Crippen molar-refractivity contribution in [3.8, 4) is 0 Å². The third kappa shape index (κ3) is 4.66. The highest BCUT2D eigenvalue weighted by molar-refractivity contribution is 5.96. The molecule has 0 atom stereocenters. The molecule has 0 bridgehead atoms. The van der Waals surface area contributed by atoms with E-state index in [1.54, 1.807) is 30.3 Å². The van der Waals surface area contributed by atoms with Gasteiger partial charge in [0.2, 0.25) is 0 Å². The van der Waals surface area contributed by atoms with E-state index in [9.17, 15) is 9.59 Å². The second-order valence-electron chi connectivity index (χ2n) is 5.38. The molecule has 2 rings (SSSR count). The molecule has 128 valence electrons. The third-order valence-electron chi connectivity index (χ3n) is 3.80. The molecule has 4 N–H and O–H groups in total. The number of carbonyl (C=O) groups excluding carboxylic acids is 2. The van der Waals surface area contributed by atoms with Crippen LogP contribution in [0.4, 0.5) is 10.5 Å². The van der Waals surface area contributed by atoms with Crippen molar-refractivity contribution in [3.05, 3.63) is 36.0 Å². The van der Waals surface area contributed by atoms with Gasteiger partial charge in [-0.15, -0.1) is 0 Å². The van der Waals surface area contributed by atoms with Crippen molar-refractivity contribution in [2.24, 2.45) is 5.73 Å². The van der Waals surface area contributed by atoms with Crippen molar-refractivity contribution in [1.82, 2.24) is 15.2 Å². The van der Waals surface area contributed by atoms with Crippen LogP contribution < -0.4 is 16.4 Å². The molecular weight excluding hydrogens is 306 g/mol. The average molecular weight is 329 g/mol. The summed E-state index contributed by atoms with van der Waals surface area (Å²) in [5, 5.41) is 6.21. The lowest BCUT2D eigenvalue weighted by molar-refractivity contribution is 0.0944. The smallest absolute Gasteiger partial charge is 0.316 e. The Kier molecular flexibility index (Phi) is 6.08. The van der Waals surface area contributed by atoms with Gasteiger partial charge in [-0.05, 0) is 37.4 Å². The van der Waals surface area contributed by atoms with Crippen LogP contribution in [0.25, 0.3) is 10.9 Å². The standard InChI is InChI=1S/C17H23N5O2/c1-3-22(4-2)10-9-19-16(23)15-7-5-12-11-13(20-17(18)24)6-8-14(12)21-15/h5-8,11H,3-4,9-10H2,1-2H3,(H,19,23)(H3,18,20,24). The zero-order valence-electron chi connectivity index (χ0n) is 14.0. The molecule has 0 aliphatic rings. The fraction of sp³-hybridized carbons (Fsp3) is 0.353. The maximum atomic E-state index is 12.2. The first-order valence-electron chi connectivity index (χ1n) is 8.01. The van der Waals surface area contributed by atoms with Crippen molar-refractivity contribution >= 4 is 28.5 Å². The second-order valence-corrected chi connectivity index (χ2v) is 5.38. The van der Waals surface area contributed by atoms with Gasteiger partial charge in [0.25, 0.3) is 5.91 Å². The molecule has 1 aromatic carbocycles. The zero-order chi connectivity index (χ0) is 17.5. The highest BCUT2D eigenvalue weighted by Gasteiger charge is 2.09. The van der Waals surface area contributed by atoms with Crippen molar-refractivity contribution in [2.45, 2.75) is 13.8 Å². The Balaban J connectivity index is 2.04. The lowest BCUT2D eigenvalue weighted by Gasteiger charge is -2.17. The first kappa shape index (κ1) is 17.7. The number of rotatable bonds is 7. The summed E-state index contributed by atoms with van der Waals surface area (Å²) in [6, 6.07) is 8.05. The van der Waals surface area contributed by atoms with E-state index >= 15 is 0 Å². The molecule has 1 heterocycles. The van der Waals surface area contributed by atoms with Gasteiger partial charge < -0.3 is 21.3 Å². The highest BCUT2D eigenvalue weighted by atomic mass is 16.2. The molecule has 0 fully saturated rings. The topological polar surface area (TPSA) is 100 Å². The number of nitrogens with zero attached hydrogens (tertiary/aromatic N) is 2. The summed E-state index contributed by atoms with van der Waals surface area (Å²) in [6.45, 7) is 7.51. The Morgan fingerprint density at radius 1 is 1.17 bits per heavy atom. The molecule has 0 aliphatic heterocycles. The molecule has 0 spiro atoms. The summed E-state index contributed by atoms with van der Waals surface area (Å²) in [5.41, 5.74) is 6.74. The SMILES string of the molecule is CCN(CC)CCNC(=O)c1ccc2cc(NC(N)=O)ccc2n1. The van der Waals surface area contributed by atoms with Gasteiger partial charge in [-0.25, -0.2) is 9.78 Å². The molecule has 2 aromatic rings. The Hall–Kier alpha value is -2.67. The minimum atomic E-state index is -0.619. The van der Waals surface area contributed by atoms with E-state index in [4.69, 9.17) is 5.73 Å². The lowest BCUT2D eigenvalue weighted by atomic mass is 10.1. The molecule has 0 saturated heterocycles. The Morgan fingerprint density at radius 3 is 2.58 bits per heavy atom. The molecule has 0 radical (unpaired) electrons. The molecular formula is C17H23N5O2. The molecule has 1 aromatic heterocycles. The number of hydrogen-bond donors (Lipinski definition) is 3. The number of anilines is 1. The number of primary amides is 1. The van der Waals surface area contributed by atoms with E-state index in [-0.39, 0.29) is 5.91 Å². The predicted octanol–water partition coefficient (Wildman–Crippen LogP) is 1.80. The van der Waals surface area contributed by atoms with Gasteiger partial charge in [0.15, 0.2) is 0 Å². The van der Waals surface area contributed by atoms with Gasteiger partial charge in [-0.3, -0.25) is 4.79 Å². The van der Waals surface area contributed by atoms with Gasteiger partial charge in [0.1, 0.15) is 5.69 Å². The third-order valence-corrected chi connectivity index (χ3v) is 3.80. The monoisotopic (exact) mass is 329 g/mol. The van der Waals surface area contributed by atoms with Crippen LogP contribution >= 0.6 is 0 Å². The molecule has 0 saturated carbocycles. The highest BCUT2D eigenvalue weighted by Crippen LogP contribution is 2.18. The largest absolute Gasteiger partial charge is 0.351 e. The first-order chi connectivity index (χ1) is 11.5. The maximum Gasteiger partial charge on any atom is 0.316 e. The van der Waals surface area contributed by atoms with E-state index in [1.165, 1.54) is 0 Å². The van der Waals surface area contributed by atoms with Crippen LogP contribution in [-0.2, 0) is 0 Å². The summed E-state index contributed by atoms with van der Waals surface area (Å²) in [6.07, 6.45) is 0. The number of aromatic nitrogens is 1. The quantitative estimate of drug-likeness (QED) is 0.721. The van der Waals surface area contributed by atoms with Crippen LogP contribution in [0.15, 0.2) is 30.3 Å². The molecule has 24 heavy (non-hydrogen) atoms. The van der Waals surface area contributed by atoms with Gasteiger partial charge in [-0.1, -0.05) is 19.9 Å². The van der Waals surface area contributed by atoms with Crippen molar-refractivity contribution in [3.63, 3.8) is 0 Å². The number of urea groups is 1. The second kappa shape index (κ2) is 8.26. The van der Waals surface area contributed by atoms with E-state index < -0.39 is 6.03 Å². The fourth-order valence-corrected chi connectivity index (χ4v) is 2.43. The zero-order valence-corrected chi connectivity index (χ0v) is 14.0. The van der Waals surface area contributed by atoms with Crippen LogP contribution in [-0.4, -0.2) is 48.0 Å². The van der Waals surface area contributed by atoms with E-state index in [2.05, 4.69) is 34.4 Å². The van der Waals surface area contributed by atoms with Crippen LogP contribution in [0.1, 0.15) is 24.3 Å². The Labute approximate surface area is 141 Å². The van der Waals surface area contributed by atoms with Gasteiger partial charge >= 0.3 is 6.03 Å². The van der Waals surface area contributed by atoms with Gasteiger partial charge in [0.05, 0.1) is 5.52 Å². The van der Waals surface area contributed by atoms with E-state index in [0.29, 0.717) is 23.4 Å². The van der Waals surface area contributed by atoms with Gasteiger partial charge in [0, 0.05) is 24.2 Å². The average Bonchev–Trinajstić information content (AvgIpc) is 2.57. The number of amides is 3. The summed E-state index contributed by atoms with van der Waals surface area (Å²) in [5.74, 6) is -0.191. The van der Waals surface area contributed by atoms with Gasteiger partial charge in [-0.2, -0.15) is 0 Å². The van der Waals surface area contributed by atoms with Crippen LogP contribution in [0.2, 0.25) is 0 Å². The van der Waals surface area contributed by atoms with Crippen LogP contribution in [0, 0.1) is 0 Å². The molecule has 7 nitrogen and oxygen atoms in total. The predicted molar refractivity (Wildman–Crippen MR) is 95.1 cm³/mol. The number of nitrogens with two attached hydrogens (primary N) is 1. The van der Waals surface area contributed by atoms with Crippen molar-refractivity contribution in [1.29, 1.82) is 0 Å². The summed E-state index contributed by atoms with van der Waals surface area (Å²) in [4.78, 5) is 29.7. The lowest BCUT2D eigenvalue weighted by Crippen LogP contribution is -2.35. The Morgan fingerprint density at radius 2 is 1.92 bits per heavy atom.